The van der Waals surface area contributed by atoms with Crippen molar-refractivity contribution in [2.45, 2.75) is 12.8 Å². The highest BCUT2D eigenvalue weighted by molar-refractivity contribution is 5.44. The maximum absolute atomic E-state index is 4.50. The van der Waals surface area contributed by atoms with Crippen LogP contribution in [0.2, 0.25) is 0 Å². The van der Waals surface area contributed by atoms with Gasteiger partial charge in [0, 0.05) is 43.9 Å². The number of piperazine rings is 1. The van der Waals surface area contributed by atoms with Crippen molar-refractivity contribution in [2.75, 3.05) is 31.1 Å². The second kappa shape index (κ2) is 4.77. The van der Waals surface area contributed by atoms with E-state index in [1.54, 1.807) is 0 Å². The molecule has 0 amide bonds. The van der Waals surface area contributed by atoms with Crippen LogP contribution in [0.5, 0.6) is 0 Å². The van der Waals surface area contributed by atoms with Crippen LogP contribution in [0.1, 0.15) is 18.4 Å². The van der Waals surface area contributed by atoms with Gasteiger partial charge in [-0.25, -0.2) is 4.98 Å². The maximum Gasteiger partial charge on any atom is 0.128 e. The van der Waals surface area contributed by atoms with Crippen LogP contribution < -0.4 is 10.2 Å². The minimum atomic E-state index is 0.655. The smallest absolute Gasteiger partial charge is 0.128 e. The summed E-state index contributed by atoms with van der Waals surface area (Å²) in [5.41, 5.74) is 1.04. The number of hydrogen-bond donors (Lipinski definition) is 1. The van der Waals surface area contributed by atoms with Crippen LogP contribution >= 0.6 is 0 Å². The van der Waals surface area contributed by atoms with E-state index in [-0.39, 0.29) is 0 Å². The van der Waals surface area contributed by atoms with Crippen molar-refractivity contribution in [3.8, 4) is 11.8 Å². The average Bonchev–Trinajstić information content (AvgIpc) is 3.22. The van der Waals surface area contributed by atoms with Gasteiger partial charge in [0.25, 0.3) is 0 Å². The predicted octanol–water partition coefficient (Wildman–Crippen LogP) is 1.25. The highest BCUT2D eigenvalue weighted by Crippen LogP contribution is 2.27. The summed E-state index contributed by atoms with van der Waals surface area (Å²) in [6, 6.07) is 4.17. The predicted molar refractivity (Wildman–Crippen MR) is 68.9 cm³/mol. The molecule has 1 aromatic heterocycles. The van der Waals surface area contributed by atoms with Crippen LogP contribution in [-0.2, 0) is 0 Å². The van der Waals surface area contributed by atoms with E-state index in [9.17, 15) is 0 Å². The fraction of sp³-hybridized carbons (Fsp3) is 0.500. The summed E-state index contributed by atoms with van der Waals surface area (Å²) >= 11 is 0. The lowest BCUT2D eigenvalue weighted by atomic mass is 10.2. The average molecular weight is 227 g/mol. The second-order valence-electron chi connectivity index (χ2n) is 4.69. The molecule has 2 heterocycles. The molecule has 1 aromatic rings. The van der Waals surface area contributed by atoms with Crippen LogP contribution in [-0.4, -0.2) is 31.2 Å². The van der Waals surface area contributed by atoms with Crippen molar-refractivity contribution in [1.82, 2.24) is 10.3 Å². The summed E-state index contributed by atoms with van der Waals surface area (Å²) < 4.78 is 0. The van der Waals surface area contributed by atoms with Gasteiger partial charge >= 0.3 is 0 Å². The first-order valence-corrected chi connectivity index (χ1v) is 6.35. The highest BCUT2D eigenvalue weighted by Gasteiger charge is 2.17. The van der Waals surface area contributed by atoms with Crippen molar-refractivity contribution in [2.24, 2.45) is 5.92 Å². The Morgan fingerprint density at radius 3 is 2.71 bits per heavy atom. The lowest BCUT2D eigenvalue weighted by Crippen LogP contribution is -2.43. The van der Waals surface area contributed by atoms with Crippen molar-refractivity contribution in [3.05, 3.63) is 23.9 Å². The summed E-state index contributed by atoms with van der Waals surface area (Å²) in [6.07, 6.45) is 4.45. The van der Waals surface area contributed by atoms with Gasteiger partial charge < -0.3 is 10.2 Å². The molecule has 3 nitrogen and oxygen atoms in total. The lowest BCUT2D eigenvalue weighted by Gasteiger charge is -2.28. The Balaban J connectivity index is 1.68. The zero-order chi connectivity index (χ0) is 11.5. The van der Waals surface area contributed by atoms with E-state index >= 15 is 0 Å². The van der Waals surface area contributed by atoms with Crippen LogP contribution in [0.4, 0.5) is 5.82 Å². The van der Waals surface area contributed by atoms with Crippen molar-refractivity contribution in [1.29, 1.82) is 0 Å². The normalized spacial score (nSPS) is 19.6. The Bertz CT molecular complexity index is 431. The third-order valence-electron chi connectivity index (χ3n) is 3.19. The van der Waals surface area contributed by atoms with E-state index in [4.69, 9.17) is 0 Å². The largest absolute Gasteiger partial charge is 0.354 e. The van der Waals surface area contributed by atoms with Crippen LogP contribution in [0, 0.1) is 17.8 Å². The molecule has 0 atom stereocenters. The first-order valence-electron chi connectivity index (χ1n) is 6.35. The number of nitrogens with zero attached hydrogens (tertiary/aromatic N) is 2. The van der Waals surface area contributed by atoms with Gasteiger partial charge in [0.2, 0.25) is 0 Å². The van der Waals surface area contributed by atoms with Crippen molar-refractivity contribution >= 4 is 5.82 Å². The van der Waals surface area contributed by atoms with Crippen molar-refractivity contribution < 1.29 is 0 Å². The first kappa shape index (κ1) is 10.6. The Hall–Kier alpha value is -1.53. The third kappa shape index (κ3) is 2.78. The molecule has 1 aliphatic carbocycles. The summed E-state index contributed by atoms with van der Waals surface area (Å²) in [7, 11) is 0. The Morgan fingerprint density at radius 2 is 2.06 bits per heavy atom. The van der Waals surface area contributed by atoms with Crippen LogP contribution in [0.3, 0.4) is 0 Å². The zero-order valence-corrected chi connectivity index (χ0v) is 9.95. The molecule has 88 valence electrons. The molecule has 3 heteroatoms. The van der Waals surface area contributed by atoms with Crippen LogP contribution in [0.15, 0.2) is 18.3 Å². The number of pyridine rings is 1. The molecule has 0 spiro atoms. The highest BCUT2D eigenvalue weighted by atomic mass is 15.2. The number of hydrogen-bond acceptors (Lipinski definition) is 3. The fourth-order valence-electron chi connectivity index (χ4n) is 1.95. The second-order valence-corrected chi connectivity index (χ2v) is 4.69. The molecule has 1 N–H and O–H groups in total. The number of aromatic nitrogens is 1. The van der Waals surface area contributed by atoms with E-state index in [0.717, 1.165) is 37.6 Å². The summed E-state index contributed by atoms with van der Waals surface area (Å²) in [5, 5.41) is 3.34. The lowest BCUT2D eigenvalue weighted by molar-refractivity contribution is 0.585. The van der Waals surface area contributed by atoms with E-state index in [1.807, 2.05) is 6.20 Å². The van der Waals surface area contributed by atoms with E-state index in [0.29, 0.717) is 5.92 Å². The first-order chi connectivity index (χ1) is 8.42. The molecule has 2 fully saturated rings. The minimum Gasteiger partial charge on any atom is -0.354 e. The van der Waals surface area contributed by atoms with Crippen molar-refractivity contribution in [3.63, 3.8) is 0 Å². The topological polar surface area (TPSA) is 28.2 Å². The molecule has 2 aliphatic rings. The van der Waals surface area contributed by atoms with E-state index in [2.05, 4.69) is 39.2 Å². The van der Waals surface area contributed by atoms with E-state index < -0.39 is 0 Å². The van der Waals surface area contributed by atoms with Gasteiger partial charge in [-0.2, -0.15) is 0 Å². The standard InChI is InChI=1S/C14H17N3/c1-2-12(1)3-4-13-5-6-14(16-11-13)17-9-7-15-8-10-17/h5-6,11-12,15H,1-2,7-10H2. The van der Waals surface area contributed by atoms with Gasteiger partial charge in [0.1, 0.15) is 5.82 Å². The number of rotatable bonds is 1. The molecule has 1 aliphatic heterocycles. The Morgan fingerprint density at radius 1 is 1.24 bits per heavy atom. The molecule has 1 saturated carbocycles. The van der Waals surface area contributed by atoms with Gasteiger partial charge in [-0.1, -0.05) is 11.8 Å². The molecule has 0 aromatic carbocycles. The van der Waals surface area contributed by atoms with Gasteiger partial charge in [-0.3, -0.25) is 0 Å². The van der Waals surface area contributed by atoms with Gasteiger partial charge in [-0.05, 0) is 25.0 Å². The molecule has 1 saturated heterocycles. The molecule has 0 bridgehead atoms. The number of anilines is 1. The van der Waals surface area contributed by atoms with Crippen LogP contribution in [0.25, 0.3) is 0 Å². The maximum atomic E-state index is 4.50. The molecule has 0 radical (unpaired) electrons. The summed E-state index contributed by atoms with van der Waals surface area (Å²) in [6.45, 7) is 4.18. The molecule has 3 rings (SSSR count). The van der Waals surface area contributed by atoms with Gasteiger partial charge in [0.15, 0.2) is 0 Å². The quantitative estimate of drug-likeness (QED) is 0.732. The SMILES string of the molecule is C(#CC1CC1)c1ccc(N2CCNCC2)nc1. The summed E-state index contributed by atoms with van der Waals surface area (Å²) in [4.78, 5) is 6.81. The summed E-state index contributed by atoms with van der Waals surface area (Å²) in [5.74, 6) is 8.18. The fourth-order valence-corrected chi connectivity index (χ4v) is 1.95. The monoisotopic (exact) mass is 227 g/mol. The van der Waals surface area contributed by atoms with Gasteiger partial charge in [0.05, 0.1) is 0 Å². The Kier molecular flexibility index (Phi) is 2.98. The molecule has 0 unspecified atom stereocenters. The zero-order valence-electron chi connectivity index (χ0n) is 9.95. The van der Waals surface area contributed by atoms with Gasteiger partial charge in [-0.15, -0.1) is 0 Å². The minimum absolute atomic E-state index is 0.655. The van der Waals surface area contributed by atoms with E-state index in [1.165, 1.54) is 12.8 Å². The molecular formula is C14H17N3. The third-order valence-corrected chi connectivity index (χ3v) is 3.19. The Labute approximate surface area is 102 Å². The number of nitrogens with one attached hydrogen (secondary N) is 1. The molecule has 17 heavy (non-hydrogen) atoms. The molecular weight excluding hydrogens is 210 g/mol.